The van der Waals surface area contributed by atoms with Gasteiger partial charge in [-0.05, 0) is 49.2 Å². The molecular weight excluding hydrogens is 214 g/mol. The molecule has 1 heterocycles. The molecule has 0 bridgehead atoms. The van der Waals surface area contributed by atoms with Gasteiger partial charge in [0.1, 0.15) is 11.5 Å². The lowest BCUT2D eigenvalue weighted by molar-refractivity contribution is 0.474. The van der Waals surface area contributed by atoms with Crippen LogP contribution in [0.3, 0.4) is 0 Å². The van der Waals surface area contributed by atoms with E-state index in [2.05, 4.69) is 5.32 Å². The van der Waals surface area contributed by atoms with Gasteiger partial charge in [-0.1, -0.05) is 12.1 Å². The monoisotopic (exact) mass is 231 g/mol. The van der Waals surface area contributed by atoms with E-state index in [0.717, 1.165) is 25.3 Å². The smallest absolute Gasteiger partial charge is 0.120 e. The number of rotatable bonds is 5. The molecule has 1 aromatic heterocycles. The van der Waals surface area contributed by atoms with Crippen molar-refractivity contribution in [3.05, 3.63) is 53.5 Å². The van der Waals surface area contributed by atoms with Crippen molar-refractivity contribution >= 4 is 0 Å². The molecule has 0 fully saturated rings. The van der Waals surface area contributed by atoms with E-state index in [1.807, 2.05) is 25.1 Å². The lowest BCUT2D eigenvalue weighted by Crippen LogP contribution is -2.16. The topological polar surface area (TPSA) is 45.4 Å². The average Bonchev–Trinajstić information content (AvgIpc) is 2.73. The summed E-state index contributed by atoms with van der Waals surface area (Å²) in [6.45, 7) is 3.70. The molecule has 0 atom stereocenters. The summed E-state index contributed by atoms with van der Waals surface area (Å²) in [5.74, 6) is 1.31. The molecule has 3 nitrogen and oxygen atoms in total. The van der Waals surface area contributed by atoms with Crippen molar-refractivity contribution < 1.29 is 9.52 Å². The van der Waals surface area contributed by atoms with Gasteiger partial charge in [0.2, 0.25) is 0 Å². The average molecular weight is 231 g/mol. The van der Waals surface area contributed by atoms with E-state index < -0.39 is 0 Å². The predicted molar refractivity (Wildman–Crippen MR) is 67.0 cm³/mol. The van der Waals surface area contributed by atoms with Gasteiger partial charge in [-0.15, -0.1) is 0 Å². The first kappa shape index (κ1) is 11.7. The lowest BCUT2D eigenvalue weighted by Gasteiger charge is -2.04. The van der Waals surface area contributed by atoms with Gasteiger partial charge in [-0.25, -0.2) is 0 Å². The zero-order chi connectivity index (χ0) is 12.1. The number of hydrogen-bond acceptors (Lipinski definition) is 3. The Bertz CT molecular complexity index is 459. The van der Waals surface area contributed by atoms with Crippen LogP contribution >= 0.6 is 0 Å². The molecule has 0 saturated carbocycles. The summed E-state index contributed by atoms with van der Waals surface area (Å²) >= 11 is 0. The van der Waals surface area contributed by atoms with Crippen LogP contribution in [0, 0.1) is 6.92 Å². The predicted octanol–water partition coefficient (Wildman–Crippen LogP) is 2.63. The third-order valence-corrected chi connectivity index (χ3v) is 2.78. The first-order chi connectivity index (χ1) is 8.25. The minimum Gasteiger partial charge on any atom is -0.508 e. The van der Waals surface area contributed by atoms with E-state index in [-0.39, 0.29) is 0 Å². The van der Waals surface area contributed by atoms with Crippen molar-refractivity contribution in [1.82, 2.24) is 5.32 Å². The first-order valence-corrected chi connectivity index (χ1v) is 5.77. The Morgan fingerprint density at radius 1 is 1.18 bits per heavy atom. The molecular formula is C14H17NO2. The van der Waals surface area contributed by atoms with E-state index in [1.54, 1.807) is 18.4 Å². The number of aryl methyl sites for hydroxylation is 1. The van der Waals surface area contributed by atoms with Crippen molar-refractivity contribution in [2.45, 2.75) is 19.9 Å². The summed E-state index contributed by atoms with van der Waals surface area (Å²) in [5, 5.41) is 12.5. The van der Waals surface area contributed by atoms with Crippen LogP contribution in [-0.2, 0) is 13.0 Å². The Hall–Kier alpha value is -1.74. The number of benzene rings is 1. The molecule has 0 aliphatic carbocycles. The Labute approximate surface area is 101 Å². The highest BCUT2D eigenvalue weighted by atomic mass is 16.3. The molecule has 0 unspecified atom stereocenters. The van der Waals surface area contributed by atoms with Crippen LogP contribution in [0.1, 0.15) is 16.9 Å². The van der Waals surface area contributed by atoms with Gasteiger partial charge in [0.25, 0.3) is 0 Å². The largest absolute Gasteiger partial charge is 0.508 e. The Morgan fingerprint density at radius 3 is 2.59 bits per heavy atom. The zero-order valence-electron chi connectivity index (χ0n) is 9.94. The van der Waals surface area contributed by atoms with Crippen molar-refractivity contribution in [2.24, 2.45) is 0 Å². The van der Waals surface area contributed by atoms with Crippen LogP contribution in [0.5, 0.6) is 5.75 Å². The first-order valence-electron chi connectivity index (χ1n) is 5.77. The third-order valence-electron chi connectivity index (χ3n) is 2.78. The molecule has 2 N–H and O–H groups in total. The van der Waals surface area contributed by atoms with Crippen molar-refractivity contribution in [1.29, 1.82) is 0 Å². The molecule has 17 heavy (non-hydrogen) atoms. The fourth-order valence-electron chi connectivity index (χ4n) is 1.68. The van der Waals surface area contributed by atoms with Gasteiger partial charge in [0, 0.05) is 0 Å². The molecule has 0 aliphatic rings. The second kappa shape index (κ2) is 5.55. The fourth-order valence-corrected chi connectivity index (χ4v) is 1.68. The SMILES string of the molecule is Cc1ccoc1CNCCc1ccc(O)cc1. The summed E-state index contributed by atoms with van der Waals surface area (Å²) in [5.41, 5.74) is 2.40. The van der Waals surface area contributed by atoms with Crippen LogP contribution < -0.4 is 5.32 Å². The molecule has 0 saturated heterocycles. The van der Waals surface area contributed by atoms with Gasteiger partial charge in [0.05, 0.1) is 12.8 Å². The van der Waals surface area contributed by atoms with Crippen LogP contribution in [0.15, 0.2) is 41.0 Å². The molecule has 0 amide bonds. The number of furan rings is 1. The maximum Gasteiger partial charge on any atom is 0.120 e. The summed E-state index contributed by atoms with van der Waals surface area (Å²) in [4.78, 5) is 0. The minimum atomic E-state index is 0.313. The molecule has 1 aromatic carbocycles. The quantitative estimate of drug-likeness (QED) is 0.777. The molecule has 90 valence electrons. The van der Waals surface area contributed by atoms with Crippen molar-refractivity contribution in [2.75, 3.05) is 6.54 Å². The zero-order valence-corrected chi connectivity index (χ0v) is 9.94. The maximum atomic E-state index is 9.16. The molecule has 2 aromatic rings. The van der Waals surface area contributed by atoms with Gasteiger partial charge in [0.15, 0.2) is 0 Å². The molecule has 3 heteroatoms. The van der Waals surface area contributed by atoms with Gasteiger partial charge >= 0.3 is 0 Å². The van der Waals surface area contributed by atoms with Crippen LogP contribution in [0.4, 0.5) is 0 Å². The number of aromatic hydroxyl groups is 1. The van der Waals surface area contributed by atoms with E-state index >= 15 is 0 Å². The molecule has 2 rings (SSSR count). The number of nitrogens with one attached hydrogen (secondary N) is 1. The van der Waals surface area contributed by atoms with Gasteiger partial charge in [-0.2, -0.15) is 0 Å². The fraction of sp³-hybridized carbons (Fsp3) is 0.286. The molecule has 0 spiro atoms. The van der Waals surface area contributed by atoms with Crippen molar-refractivity contribution in [3.63, 3.8) is 0 Å². The Kier molecular flexibility index (Phi) is 3.83. The second-order valence-electron chi connectivity index (χ2n) is 4.12. The highest BCUT2D eigenvalue weighted by Gasteiger charge is 2.00. The summed E-state index contributed by atoms with van der Waals surface area (Å²) < 4.78 is 5.34. The number of hydrogen-bond donors (Lipinski definition) is 2. The van der Waals surface area contributed by atoms with Crippen molar-refractivity contribution in [3.8, 4) is 5.75 Å². The highest BCUT2D eigenvalue weighted by molar-refractivity contribution is 5.26. The van der Waals surface area contributed by atoms with Crippen LogP contribution in [-0.4, -0.2) is 11.7 Å². The number of phenolic OH excluding ortho intramolecular Hbond substituents is 1. The van der Waals surface area contributed by atoms with E-state index in [0.29, 0.717) is 5.75 Å². The van der Waals surface area contributed by atoms with Gasteiger partial charge < -0.3 is 14.8 Å². The Balaban J connectivity index is 1.73. The number of phenols is 1. The molecule has 0 aliphatic heterocycles. The molecule has 0 radical (unpaired) electrons. The third kappa shape index (κ3) is 3.36. The van der Waals surface area contributed by atoms with E-state index in [1.165, 1.54) is 11.1 Å². The summed E-state index contributed by atoms with van der Waals surface area (Å²) in [7, 11) is 0. The van der Waals surface area contributed by atoms with E-state index in [9.17, 15) is 0 Å². The van der Waals surface area contributed by atoms with Crippen LogP contribution in [0.2, 0.25) is 0 Å². The standard InChI is InChI=1S/C14H17NO2/c1-11-7-9-17-14(11)10-15-8-6-12-2-4-13(16)5-3-12/h2-5,7,9,15-16H,6,8,10H2,1H3. The van der Waals surface area contributed by atoms with Crippen LogP contribution in [0.25, 0.3) is 0 Å². The summed E-state index contributed by atoms with van der Waals surface area (Å²) in [6, 6.07) is 9.28. The maximum absolute atomic E-state index is 9.16. The summed E-state index contributed by atoms with van der Waals surface area (Å²) in [6.07, 6.45) is 2.66. The highest BCUT2D eigenvalue weighted by Crippen LogP contribution is 2.10. The second-order valence-corrected chi connectivity index (χ2v) is 4.12. The minimum absolute atomic E-state index is 0.313. The Morgan fingerprint density at radius 2 is 1.94 bits per heavy atom. The van der Waals surface area contributed by atoms with Gasteiger partial charge in [-0.3, -0.25) is 0 Å². The normalized spacial score (nSPS) is 10.6. The van der Waals surface area contributed by atoms with E-state index in [4.69, 9.17) is 9.52 Å². The lowest BCUT2D eigenvalue weighted by atomic mass is 10.1.